The molecule has 1 atom stereocenters. The summed E-state index contributed by atoms with van der Waals surface area (Å²) in [5.74, 6) is 0. The number of fused-ring (bicyclic) bond motifs is 1. The molecular weight excluding hydrogens is 361 g/mol. The first-order valence-corrected chi connectivity index (χ1v) is 9.53. The highest BCUT2D eigenvalue weighted by Gasteiger charge is 2.33. The van der Waals surface area contributed by atoms with E-state index in [0.29, 0.717) is 12.1 Å². The Balaban J connectivity index is 1.77. The molecule has 4 rings (SSSR count). The van der Waals surface area contributed by atoms with Crippen molar-refractivity contribution >= 4 is 0 Å². The zero-order valence-electron chi connectivity index (χ0n) is 15.8. The molecule has 1 aliphatic heterocycles. The third kappa shape index (κ3) is 3.85. The fourth-order valence-corrected chi connectivity index (χ4v) is 4.12. The number of nitrogens with zero attached hydrogens (tertiary/aromatic N) is 2. The van der Waals surface area contributed by atoms with Crippen LogP contribution in [0.2, 0.25) is 0 Å². The highest BCUT2D eigenvalue weighted by molar-refractivity contribution is 5.34. The van der Waals surface area contributed by atoms with Gasteiger partial charge in [-0.05, 0) is 48.7 Å². The Bertz CT molecular complexity index is 958. The minimum absolute atomic E-state index is 0.208. The highest BCUT2D eigenvalue weighted by atomic mass is 19.4. The molecule has 0 radical (unpaired) electrons. The molecule has 0 fully saturated rings. The van der Waals surface area contributed by atoms with E-state index >= 15 is 0 Å². The van der Waals surface area contributed by atoms with Crippen molar-refractivity contribution in [3.8, 4) is 0 Å². The van der Waals surface area contributed by atoms with Crippen LogP contribution in [0.1, 0.15) is 40.4 Å². The van der Waals surface area contributed by atoms with Crippen LogP contribution in [-0.4, -0.2) is 16.0 Å². The summed E-state index contributed by atoms with van der Waals surface area (Å²) in [6, 6.07) is 17.9. The molecule has 2 aromatic carbocycles. The van der Waals surface area contributed by atoms with Gasteiger partial charge in [-0.1, -0.05) is 42.0 Å². The van der Waals surface area contributed by atoms with Gasteiger partial charge in [0, 0.05) is 31.5 Å². The summed E-state index contributed by atoms with van der Waals surface area (Å²) in [7, 11) is 0. The molecule has 0 saturated carbocycles. The third-order valence-corrected chi connectivity index (χ3v) is 5.35. The summed E-state index contributed by atoms with van der Waals surface area (Å²) in [6.45, 7) is 4.47. The van der Waals surface area contributed by atoms with E-state index in [1.807, 2.05) is 30.5 Å². The predicted octanol–water partition coefficient (Wildman–Crippen LogP) is 5.81. The number of hydrogen-bond acceptors (Lipinski definition) is 1. The van der Waals surface area contributed by atoms with Crippen molar-refractivity contribution in [3.63, 3.8) is 0 Å². The molecule has 0 N–H and O–H groups in total. The monoisotopic (exact) mass is 384 g/mol. The average molecular weight is 384 g/mol. The summed E-state index contributed by atoms with van der Waals surface area (Å²) in [4.78, 5) is 2.29. The van der Waals surface area contributed by atoms with Crippen LogP contribution in [0.25, 0.3) is 0 Å². The summed E-state index contributed by atoms with van der Waals surface area (Å²) >= 11 is 0. The van der Waals surface area contributed by atoms with Crippen LogP contribution in [0.4, 0.5) is 13.2 Å². The Morgan fingerprint density at radius 2 is 1.79 bits per heavy atom. The van der Waals surface area contributed by atoms with Gasteiger partial charge >= 0.3 is 6.18 Å². The van der Waals surface area contributed by atoms with Gasteiger partial charge in [0.25, 0.3) is 0 Å². The summed E-state index contributed by atoms with van der Waals surface area (Å²) < 4.78 is 42.1. The van der Waals surface area contributed by atoms with Gasteiger partial charge in [-0.2, -0.15) is 13.2 Å². The van der Waals surface area contributed by atoms with Gasteiger partial charge in [-0.15, -0.1) is 0 Å². The lowest BCUT2D eigenvalue weighted by Crippen LogP contribution is -2.29. The number of benzene rings is 2. The molecular formula is C23H23F3N2. The highest BCUT2D eigenvalue weighted by Crippen LogP contribution is 2.36. The van der Waals surface area contributed by atoms with Gasteiger partial charge in [0.2, 0.25) is 0 Å². The minimum atomic E-state index is -4.34. The van der Waals surface area contributed by atoms with E-state index in [9.17, 15) is 13.2 Å². The molecule has 28 heavy (non-hydrogen) atoms. The van der Waals surface area contributed by atoms with E-state index < -0.39 is 11.7 Å². The van der Waals surface area contributed by atoms with Gasteiger partial charge in [-0.25, -0.2) is 0 Å². The van der Waals surface area contributed by atoms with E-state index in [1.54, 1.807) is 0 Å². The number of rotatable bonds is 3. The predicted molar refractivity (Wildman–Crippen MR) is 104 cm³/mol. The molecule has 146 valence electrons. The van der Waals surface area contributed by atoms with Gasteiger partial charge in [0.15, 0.2) is 0 Å². The first kappa shape index (κ1) is 18.8. The Labute approximate surface area is 163 Å². The van der Waals surface area contributed by atoms with Crippen molar-refractivity contribution in [2.45, 2.75) is 38.7 Å². The summed E-state index contributed by atoms with van der Waals surface area (Å²) in [5.41, 5.74) is 3.50. The van der Waals surface area contributed by atoms with Crippen LogP contribution in [0, 0.1) is 6.92 Å². The molecule has 1 aliphatic rings. The van der Waals surface area contributed by atoms with E-state index in [2.05, 4.69) is 34.6 Å². The molecule has 0 saturated heterocycles. The second-order valence-electron chi connectivity index (χ2n) is 7.47. The van der Waals surface area contributed by atoms with Crippen LogP contribution >= 0.6 is 0 Å². The molecule has 1 aromatic heterocycles. The molecule has 0 unspecified atom stereocenters. The Kier molecular flexibility index (Phi) is 5.02. The lowest BCUT2D eigenvalue weighted by molar-refractivity contribution is -0.137. The number of aromatic nitrogens is 1. The van der Waals surface area contributed by atoms with E-state index in [-0.39, 0.29) is 6.04 Å². The SMILES string of the molecule is Cc1cccc(CN2CCCn3cccc3[C@@H]2c2cccc(C(F)(F)F)c2)c1. The fraction of sp³-hybridized carbons (Fsp3) is 0.304. The largest absolute Gasteiger partial charge is 0.416 e. The fourth-order valence-electron chi connectivity index (χ4n) is 4.12. The number of halogens is 3. The molecule has 2 heterocycles. The van der Waals surface area contributed by atoms with Crippen LogP contribution < -0.4 is 0 Å². The normalized spacial score (nSPS) is 17.9. The van der Waals surface area contributed by atoms with Gasteiger partial charge in [0.05, 0.1) is 11.6 Å². The molecule has 2 nitrogen and oxygen atoms in total. The van der Waals surface area contributed by atoms with Crippen molar-refractivity contribution in [1.29, 1.82) is 0 Å². The van der Waals surface area contributed by atoms with Gasteiger partial charge in [0.1, 0.15) is 0 Å². The standard InChI is InChI=1S/C23H23F3N2/c1-17-6-2-7-18(14-17)16-28-13-5-12-27-11-4-10-21(27)22(28)19-8-3-9-20(15-19)23(24,25)26/h2-4,6-11,14-15,22H,5,12-13,16H2,1H3/t22-/m0/s1. The lowest BCUT2D eigenvalue weighted by atomic mass is 9.98. The van der Waals surface area contributed by atoms with E-state index in [0.717, 1.165) is 31.3 Å². The van der Waals surface area contributed by atoms with Crippen LogP contribution in [0.5, 0.6) is 0 Å². The lowest BCUT2D eigenvalue weighted by Gasteiger charge is -2.31. The maximum absolute atomic E-state index is 13.3. The number of alkyl halides is 3. The second-order valence-corrected chi connectivity index (χ2v) is 7.47. The summed E-state index contributed by atoms with van der Waals surface area (Å²) in [6.07, 6.45) is -1.36. The van der Waals surface area contributed by atoms with Crippen molar-refractivity contribution < 1.29 is 13.2 Å². The van der Waals surface area contributed by atoms with Gasteiger partial charge < -0.3 is 4.57 Å². The third-order valence-electron chi connectivity index (χ3n) is 5.35. The maximum Gasteiger partial charge on any atom is 0.416 e. The molecule has 5 heteroatoms. The first-order chi connectivity index (χ1) is 13.4. The summed E-state index contributed by atoms with van der Waals surface area (Å²) in [5, 5.41) is 0. The van der Waals surface area contributed by atoms with Crippen molar-refractivity contribution in [3.05, 3.63) is 94.8 Å². The van der Waals surface area contributed by atoms with Crippen LogP contribution in [0.3, 0.4) is 0 Å². The quantitative estimate of drug-likeness (QED) is 0.553. The zero-order chi connectivity index (χ0) is 19.7. The van der Waals surface area contributed by atoms with Gasteiger partial charge in [-0.3, -0.25) is 4.90 Å². The first-order valence-electron chi connectivity index (χ1n) is 9.53. The minimum Gasteiger partial charge on any atom is -0.350 e. The van der Waals surface area contributed by atoms with Crippen molar-refractivity contribution in [2.24, 2.45) is 0 Å². The van der Waals surface area contributed by atoms with E-state index in [4.69, 9.17) is 0 Å². The van der Waals surface area contributed by atoms with Crippen molar-refractivity contribution in [2.75, 3.05) is 6.54 Å². The van der Waals surface area contributed by atoms with Crippen LogP contribution in [0.15, 0.2) is 66.9 Å². The van der Waals surface area contributed by atoms with Crippen molar-refractivity contribution in [1.82, 2.24) is 9.47 Å². The maximum atomic E-state index is 13.3. The Morgan fingerprint density at radius 3 is 2.57 bits per heavy atom. The molecule has 0 bridgehead atoms. The number of hydrogen-bond donors (Lipinski definition) is 0. The Hall–Kier alpha value is -2.53. The molecule has 3 aromatic rings. The average Bonchev–Trinajstić information content (AvgIpc) is 3.03. The number of aryl methyl sites for hydroxylation is 2. The molecule has 0 aliphatic carbocycles. The Morgan fingerprint density at radius 1 is 0.964 bits per heavy atom. The second kappa shape index (κ2) is 7.47. The topological polar surface area (TPSA) is 8.17 Å². The zero-order valence-corrected chi connectivity index (χ0v) is 15.8. The molecule has 0 spiro atoms. The van der Waals surface area contributed by atoms with E-state index in [1.165, 1.54) is 23.3 Å². The smallest absolute Gasteiger partial charge is 0.350 e. The van der Waals surface area contributed by atoms with Crippen LogP contribution in [-0.2, 0) is 19.3 Å². The molecule has 0 amide bonds.